The molecule has 7 heteroatoms. The summed E-state index contributed by atoms with van der Waals surface area (Å²) in [5.41, 5.74) is 2.49. The van der Waals surface area contributed by atoms with Crippen molar-refractivity contribution in [3.63, 3.8) is 0 Å². The van der Waals surface area contributed by atoms with E-state index in [1.165, 1.54) is 0 Å². The average molecular weight is 425 g/mol. The minimum absolute atomic E-state index is 0.146. The lowest BCUT2D eigenvalue weighted by Gasteiger charge is -2.33. The highest BCUT2D eigenvalue weighted by molar-refractivity contribution is 5.99. The Bertz CT molecular complexity index is 944. The number of carbonyl (C=O) groups excluding carboxylic acids is 2. The number of amides is 1. The zero-order valence-corrected chi connectivity index (χ0v) is 19.1. The minimum Gasteiger partial charge on any atom is -0.466 e. The Kier molecular flexibility index (Phi) is 7.25. The Balaban J connectivity index is 1.93. The van der Waals surface area contributed by atoms with E-state index in [9.17, 15) is 9.59 Å². The molecule has 3 rings (SSSR count). The lowest BCUT2D eigenvalue weighted by atomic mass is 9.97. The minimum atomic E-state index is -0.281. The lowest BCUT2D eigenvalue weighted by Crippen LogP contribution is -2.43. The topological polar surface area (TPSA) is 75.6 Å². The predicted molar refractivity (Wildman–Crippen MR) is 121 cm³/mol. The lowest BCUT2D eigenvalue weighted by molar-refractivity contribution is -0.149. The van der Waals surface area contributed by atoms with Gasteiger partial charge in [0.25, 0.3) is 5.91 Å². The van der Waals surface area contributed by atoms with Crippen molar-refractivity contribution in [2.24, 2.45) is 5.92 Å². The third-order valence-corrected chi connectivity index (χ3v) is 5.71. The van der Waals surface area contributed by atoms with E-state index < -0.39 is 0 Å². The summed E-state index contributed by atoms with van der Waals surface area (Å²) in [5.74, 6) is 0.532. The van der Waals surface area contributed by atoms with Gasteiger partial charge in [0.05, 0.1) is 12.5 Å². The molecule has 1 aromatic carbocycles. The zero-order valence-electron chi connectivity index (χ0n) is 19.1. The Labute approximate surface area is 184 Å². The summed E-state index contributed by atoms with van der Waals surface area (Å²) in [6.45, 7) is 9.26. The standard InChI is InChI=1S/C24H32N4O3/c1-6-31-24(30)19-11-8-12-28(15-19)23(29)20-14-25-21(18-10-7-9-17(4)13-18)26-22(20)27(5)16(2)3/h7,9-10,13-14,16,19H,6,8,11-12,15H2,1-5H3. The maximum atomic E-state index is 13.4. The normalized spacial score (nSPS) is 16.3. The molecule has 7 nitrogen and oxygen atoms in total. The maximum Gasteiger partial charge on any atom is 0.310 e. The van der Waals surface area contributed by atoms with Crippen LogP contribution >= 0.6 is 0 Å². The number of anilines is 1. The van der Waals surface area contributed by atoms with E-state index in [0.717, 1.165) is 24.0 Å². The molecule has 166 valence electrons. The SMILES string of the molecule is CCOC(=O)C1CCCN(C(=O)c2cnc(-c3cccc(C)c3)nc2N(C)C(C)C)C1. The van der Waals surface area contributed by atoms with Crippen molar-refractivity contribution in [1.29, 1.82) is 0 Å². The third kappa shape index (κ3) is 5.21. The van der Waals surface area contributed by atoms with E-state index in [0.29, 0.717) is 36.9 Å². The molecule has 1 amide bonds. The van der Waals surface area contributed by atoms with Crippen LogP contribution in [0.4, 0.5) is 5.82 Å². The van der Waals surface area contributed by atoms with Gasteiger partial charge in [-0.15, -0.1) is 0 Å². The molecule has 1 unspecified atom stereocenters. The van der Waals surface area contributed by atoms with Crippen molar-refractivity contribution < 1.29 is 14.3 Å². The van der Waals surface area contributed by atoms with Gasteiger partial charge >= 0.3 is 5.97 Å². The molecule has 1 aliphatic heterocycles. The Morgan fingerprint density at radius 1 is 1.32 bits per heavy atom. The maximum absolute atomic E-state index is 13.4. The van der Waals surface area contributed by atoms with Gasteiger partial charge in [-0.1, -0.05) is 23.8 Å². The molecule has 0 aliphatic carbocycles. The van der Waals surface area contributed by atoms with Crippen LogP contribution in [0.1, 0.15) is 49.5 Å². The molecule has 1 atom stereocenters. The van der Waals surface area contributed by atoms with Crippen LogP contribution in [-0.2, 0) is 9.53 Å². The molecule has 31 heavy (non-hydrogen) atoms. The zero-order chi connectivity index (χ0) is 22.5. The number of nitrogens with zero attached hydrogens (tertiary/aromatic N) is 4. The number of piperidine rings is 1. The fourth-order valence-electron chi connectivity index (χ4n) is 3.74. The number of hydrogen-bond acceptors (Lipinski definition) is 6. The summed E-state index contributed by atoms with van der Waals surface area (Å²) in [4.78, 5) is 38.7. The van der Waals surface area contributed by atoms with E-state index in [4.69, 9.17) is 9.72 Å². The van der Waals surface area contributed by atoms with E-state index in [1.807, 2.05) is 43.1 Å². The highest BCUT2D eigenvalue weighted by Gasteiger charge is 2.32. The van der Waals surface area contributed by atoms with Crippen molar-refractivity contribution in [2.45, 2.75) is 46.6 Å². The average Bonchev–Trinajstić information content (AvgIpc) is 2.78. The molecular weight excluding hydrogens is 392 g/mol. The summed E-state index contributed by atoms with van der Waals surface area (Å²) in [6.07, 6.45) is 3.13. The number of carbonyl (C=O) groups is 2. The van der Waals surface area contributed by atoms with E-state index in [1.54, 1.807) is 18.0 Å². The summed E-state index contributed by atoms with van der Waals surface area (Å²) in [6, 6.07) is 8.16. The Morgan fingerprint density at radius 3 is 2.77 bits per heavy atom. The first-order chi connectivity index (χ1) is 14.8. The van der Waals surface area contributed by atoms with E-state index in [-0.39, 0.29) is 23.8 Å². The van der Waals surface area contributed by atoms with Gasteiger partial charge in [-0.2, -0.15) is 0 Å². The molecule has 0 bridgehead atoms. The van der Waals surface area contributed by atoms with Crippen molar-refractivity contribution >= 4 is 17.7 Å². The number of benzene rings is 1. The number of aromatic nitrogens is 2. The highest BCUT2D eigenvalue weighted by atomic mass is 16.5. The van der Waals surface area contributed by atoms with Crippen molar-refractivity contribution in [3.8, 4) is 11.4 Å². The van der Waals surface area contributed by atoms with Crippen LogP contribution in [0.25, 0.3) is 11.4 Å². The molecule has 1 fully saturated rings. The van der Waals surface area contributed by atoms with Crippen LogP contribution in [0.2, 0.25) is 0 Å². The van der Waals surface area contributed by atoms with E-state index in [2.05, 4.69) is 18.8 Å². The van der Waals surface area contributed by atoms with Crippen molar-refractivity contribution in [3.05, 3.63) is 41.6 Å². The molecular formula is C24H32N4O3. The van der Waals surface area contributed by atoms with Crippen LogP contribution in [-0.4, -0.2) is 59.5 Å². The number of aryl methyl sites for hydroxylation is 1. The van der Waals surface area contributed by atoms with Gasteiger partial charge in [0.1, 0.15) is 11.4 Å². The molecule has 0 radical (unpaired) electrons. The second-order valence-electron chi connectivity index (χ2n) is 8.35. The predicted octanol–water partition coefficient (Wildman–Crippen LogP) is 3.71. The molecule has 2 aromatic rings. The van der Waals surface area contributed by atoms with Crippen LogP contribution in [0.15, 0.2) is 30.5 Å². The van der Waals surface area contributed by atoms with Crippen molar-refractivity contribution in [1.82, 2.24) is 14.9 Å². The number of likely N-dealkylation sites (tertiary alicyclic amines) is 1. The van der Waals surface area contributed by atoms with Crippen LogP contribution in [0, 0.1) is 12.8 Å². The molecule has 1 saturated heterocycles. The smallest absolute Gasteiger partial charge is 0.310 e. The van der Waals surface area contributed by atoms with Gasteiger partial charge < -0.3 is 14.5 Å². The quantitative estimate of drug-likeness (QED) is 0.658. The summed E-state index contributed by atoms with van der Waals surface area (Å²) in [5, 5.41) is 0. The Morgan fingerprint density at radius 2 is 2.10 bits per heavy atom. The van der Waals surface area contributed by atoms with Gasteiger partial charge in [-0.3, -0.25) is 9.59 Å². The highest BCUT2D eigenvalue weighted by Crippen LogP contribution is 2.27. The van der Waals surface area contributed by atoms with Crippen molar-refractivity contribution in [2.75, 3.05) is 31.6 Å². The first-order valence-electron chi connectivity index (χ1n) is 10.9. The second-order valence-corrected chi connectivity index (χ2v) is 8.35. The fraction of sp³-hybridized carbons (Fsp3) is 0.500. The third-order valence-electron chi connectivity index (χ3n) is 5.71. The fourth-order valence-corrected chi connectivity index (χ4v) is 3.74. The molecule has 1 aromatic heterocycles. The van der Waals surface area contributed by atoms with E-state index >= 15 is 0 Å². The summed E-state index contributed by atoms with van der Waals surface area (Å²) >= 11 is 0. The molecule has 2 heterocycles. The van der Waals surface area contributed by atoms with Crippen LogP contribution < -0.4 is 4.90 Å². The summed E-state index contributed by atoms with van der Waals surface area (Å²) in [7, 11) is 1.93. The Hall–Kier alpha value is -2.96. The number of rotatable bonds is 6. The number of esters is 1. The van der Waals surface area contributed by atoms with Gasteiger partial charge in [0.15, 0.2) is 5.82 Å². The molecule has 0 spiro atoms. The second kappa shape index (κ2) is 9.90. The van der Waals surface area contributed by atoms with Gasteiger partial charge in [-0.25, -0.2) is 9.97 Å². The van der Waals surface area contributed by atoms with Crippen LogP contribution in [0.3, 0.4) is 0 Å². The van der Waals surface area contributed by atoms with Gasteiger partial charge in [0.2, 0.25) is 0 Å². The molecule has 0 saturated carbocycles. The molecule has 1 aliphatic rings. The largest absolute Gasteiger partial charge is 0.466 e. The van der Waals surface area contributed by atoms with Crippen LogP contribution in [0.5, 0.6) is 0 Å². The summed E-state index contributed by atoms with van der Waals surface area (Å²) < 4.78 is 5.17. The number of ether oxygens (including phenoxy) is 1. The molecule has 0 N–H and O–H groups in total. The monoisotopic (exact) mass is 424 g/mol. The van der Waals surface area contributed by atoms with Gasteiger partial charge in [-0.05, 0) is 46.6 Å². The first-order valence-corrected chi connectivity index (χ1v) is 10.9. The van der Waals surface area contributed by atoms with Gasteiger partial charge in [0, 0.05) is 37.9 Å². The number of hydrogen-bond donors (Lipinski definition) is 0. The first kappa shape index (κ1) is 22.7.